The number of thiazole rings is 1. The quantitative estimate of drug-likeness (QED) is 0.396. The first kappa shape index (κ1) is 21.5. The predicted molar refractivity (Wildman–Crippen MR) is 124 cm³/mol. The summed E-state index contributed by atoms with van der Waals surface area (Å²) in [6, 6.07) is 7.72. The SMILES string of the molecule is CC(=O)NCc1cncc(Cl)c1COc1cccc2c(-c3ncsc3Cl)cc(C)nc12. The lowest BCUT2D eigenvalue weighted by atomic mass is 10.0. The third kappa shape index (κ3) is 4.63. The molecule has 31 heavy (non-hydrogen) atoms. The molecule has 0 radical (unpaired) electrons. The number of amides is 1. The Morgan fingerprint density at radius 3 is 2.84 bits per heavy atom. The van der Waals surface area contributed by atoms with E-state index < -0.39 is 0 Å². The van der Waals surface area contributed by atoms with Crippen LogP contribution in [0.1, 0.15) is 23.7 Å². The molecule has 4 aromatic rings. The molecule has 1 N–H and O–H groups in total. The van der Waals surface area contributed by atoms with Crippen LogP contribution in [0.15, 0.2) is 42.2 Å². The van der Waals surface area contributed by atoms with Crippen LogP contribution in [0.2, 0.25) is 9.36 Å². The van der Waals surface area contributed by atoms with Crippen molar-refractivity contribution in [2.45, 2.75) is 27.0 Å². The number of aryl methyl sites for hydroxylation is 1. The molecule has 9 heteroatoms. The molecular weight excluding hydrogens is 455 g/mol. The zero-order valence-electron chi connectivity index (χ0n) is 16.8. The number of ether oxygens (including phenoxy) is 1. The standard InChI is InChI=1S/C22H18Cl2N4O2S/c1-12-6-16(21-22(24)31-11-27-21)15-4-3-5-19(20(15)28-12)30-10-17-14(8-26-13(2)29)7-25-9-18(17)23/h3-7,9,11H,8,10H2,1-2H3,(H,26,29). The number of aromatic nitrogens is 3. The number of benzene rings is 1. The molecule has 158 valence electrons. The van der Waals surface area contributed by atoms with Gasteiger partial charge in [0.2, 0.25) is 5.91 Å². The molecule has 1 amide bonds. The summed E-state index contributed by atoms with van der Waals surface area (Å²) < 4.78 is 6.78. The average molecular weight is 473 g/mol. The maximum absolute atomic E-state index is 11.3. The molecule has 0 atom stereocenters. The first-order valence-electron chi connectivity index (χ1n) is 9.42. The summed E-state index contributed by atoms with van der Waals surface area (Å²) in [5.41, 5.74) is 6.47. The second kappa shape index (κ2) is 9.18. The Morgan fingerprint density at radius 1 is 1.26 bits per heavy atom. The van der Waals surface area contributed by atoms with Gasteiger partial charge < -0.3 is 10.1 Å². The van der Waals surface area contributed by atoms with Crippen molar-refractivity contribution in [3.63, 3.8) is 0 Å². The first-order chi connectivity index (χ1) is 14.9. The van der Waals surface area contributed by atoms with Crippen LogP contribution in [0.5, 0.6) is 5.75 Å². The smallest absolute Gasteiger partial charge is 0.217 e. The van der Waals surface area contributed by atoms with Crippen LogP contribution >= 0.6 is 34.5 Å². The fourth-order valence-electron chi connectivity index (χ4n) is 3.26. The van der Waals surface area contributed by atoms with E-state index in [0.717, 1.165) is 39.0 Å². The number of hydrogen-bond acceptors (Lipinski definition) is 6. The van der Waals surface area contributed by atoms with Gasteiger partial charge in [0.25, 0.3) is 0 Å². The molecule has 0 aliphatic rings. The lowest BCUT2D eigenvalue weighted by Crippen LogP contribution is -2.20. The van der Waals surface area contributed by atoms with Crippen molar-refractivity contribution in [2.75, 3.05) is 0 Å². The highest BCUT2D eigenvalue weighted by Crippen LogP contribution is 2.37. The molecule has 3 aromatic heterocycles. The van der Waals surface area contributed by atoms with E-state index in [2.05, 4.69) is 15.3 Å². The van der Waals surface area contributed by atoms with Gasteiger partial charge in [0.15, 0.2) is 0 Å². The third-order valence-corrected chi connectivity index (χ3v) is 6.09. The van der Waals surface area contributed by atoms with Gasteiger partial charge in [0.1, 0.15) is 27.9 Å². The minimum absolute atomic E-state index is 0.131. The topological polar surface area (TPSA) is 77.0 Å². The van der Waals surface area contributed by atoms with Crippen molar-refractivity contribution in [1.29, 1.82) is 0 Å². The van der Waals surface area contributed by atoms with Gasteiger partial charge in [-0.2, -0.15) is 0 Å². The van der Waals surface area contributed by atoms with E-state index in [1.165, 1.54) is 18.3 Å². The van der Waals surface area contributed by atoms with E-state index >= 15 is 0 Å². The number of fused-ring (bicyclic) bond motifs is 1. The predicted octanol–water partition coefficient (Wildman–Crippen LogP) is 5.58. The summed E-state index contributed by atoms with van der Waals surface area (Å²) in [5.74, 6) is 0.487. The monoisotopic (exact) mass is 472 g/mol. The van der Waals surface area contributed by atoms with Crippen molar-refractivity contribution in [1.82, 2.24) is 20.3 Å². The van der Waals surface area contributed by atoms with Gasteiger partial charge in [-0.05, 0) is 24.6 Å². The second-order valence-electron chi connectivity index (χ2n) is 6.90. The summed E-state index contributed by atoms with van der Waals surface area (Å²) in [6.45, 7) is 3.91. The Kier molecular flexibility index (Phi) is 6.36. The van der Waals surface area contributed by atoms with Gasteiger partial charge in [-0.25, -0.2) is 9.97 Å². The Balaban J connectivity index is 1.70. The molecular formula is C22H18Cl2N4O2S. The van der Waals surface area contributed by atoms with Crippen molar-refractivity contribution in [3.05, 3.63) is 68.3 Å². The minimum Gasteiger partial charge on any atom is -0.487 e. The van der Waals surface area contributed by atoms with Crippen LogP contribution < -0.4 is 10.1 Å². The molecule has 0 aliphatic carbocycles. The zero-order chi connectivity index (χ0) is 22.0. The number of hydrogen-bond donors (Lipinski definition) is 1. The summed E-state index contributed by atoms with van der Waals surface area (Å²) in [4.78, 5) is 24.5. The molecule has 0 saturated carbocycles. The van der Waals surface area contributed by atoms with Crippen molar-refractivity contribution in [3.8, 4) is 17.0 Å². The minimum atomic E-state index is -0.131. The second-order valence-corrected chi connectivity index (χ2v) is 8.76. The highest BCUT2D eigenvalue weighted by Gasteiger charge is 2.16. The number of rotatable bonds is 6. The van der Waals surface area contributed by atoms with Crippen LogP contribution in [-0.4, -0.2) is 20.9 Å². The largest absolute Gasteiger partial charge is 0.487 e. The number of pyridine rings is 2. The molecule has 0 spiro atoms. The Morgan fingerprint density at radius 2 is 2.10 bits per heavy atom. The molecule has 0 bridgehead atoms. The molecule has 0 unspecified atom stereocenters. The number of carbonyl (C=O) groups is 1. The molecule has 1 aromatic carbocycles. The zero-order valence-corrected chi connectivity index (χ0v) is 19.1. The Labute approximate surface area is 193 Å². The summed E-state index contributed by atoms with van der Waals surface area (Å²) in [5, 5.41) is 4.14. The van der Waals surface area contributed by atoms with Gasteiger partial charge in [-0.1, -0.05) is 35.3 Å². The molecule has 0 saturated heterocycles. The third-order valence-electron chi connectivity index (χ3n) is 4.70. The van der Waals surface area contributed by atoms with Gasteiger partial charge in [0, 0.05) is 48.1 Å². The molecule has 4 rings (SSSR count). The van der Waals surface area contributed by atoms with Crippen molar-refractivity contribution < 1.29 is 9.53 Å². The lowest BCUT2D eigenvalue weighted by molar-refractivity contribution is -0.119. The lowest BCUT2D eigenvalue weighted by Gasteiger charge is -2.15. The van der Waals surface area contributed by atoms with Crippen LogP contribution in [0.25, 0.3) is 22.2 Å². The number of nitrogens with one attached hydrogen (secondary N) is 1. The van der Waals surface area contributed by atoms with Crippen LogP contribution in [0.3, 0.4) is 0 Å². The molecule has 0 aliphatic heterocycles. The molecule has 0 fully saturated rings. The number of halogens is 2. The fraction of sp³-hybridized carbons (Fsp3) is 0.182. The highest BCUT2D eigenvalue weighted by molar-refractivity contribution is 7.14. The summed E-state index contributed by atoms with van der Waals surface area (Å²) in [7, 11) is 0. The van der Waals surface area contributed by atoms with Crippen LogP contribution in [0.4, 0.5) is 0 Å². The van der Waals surface area contributed by atoms with Crippen LogP contribution in [-0.2, 0) is 17.9 Å². The number of nitrogens with zero attached hydrogens (tertiary/aromatic N) is 3. The highest BCUT2D eigenvalue weighted by atomic mass is 35.5. The fourth-order valence-corrected chi connectivity index (χ4v) is 4.28. The average Bonchev–Trinajstić information content (AvgIpc) is 3.16. The normalized spacial score (nSPS) is 11.0. The van der Waals surface area contributed by atoms with E-state index in [1.807, 2.05) is 31.2 Å². The van der Waals surface area contributed by atoms with Crippen LogP contribution in [0, 0.1) is 6.92 Å². The summed E-state index contributed by atoms with van der Waals surface area (Å²) >= 11 is 14.1. The van der Waals surface area contributed by atoms with E-state index in [0.29, 0.717) is 21.7 Å². The number of para-hydroxylation sites is 1. The Bertz CT molecular complexity index is 1280. The van der Waals surface area contributed by atoms with E-state index in [-0.39, 0.29) is 12.5 Å². The molecule has 3 heterocycles. The van der Waals surface area contributed by atoms with Crippen molar-refractivity contribution in [2.24, 2.45) is 0 Å². The number of carbonyl (C=O) groups excluding carboxylic acids is 1. The molecule has 6 nitrogen and oxygen atoms in total. The Hall–Kier alpha value is -2.74. The van der Waals surface area contributed by atoms with Gasteiger partial charge in [-0.15, -0.1) is 11.3 Å². The van der Waals surface area contributed by atoms with E-state index in [1.54, 1.807) is 17.9 Å². The summed E-state index contributed by atoms with van der Waals surface area (Å²) in [6.07, 6.45) is 3.24. The first-order valence-corrected chi connectivity index (χ1v) is 11.1. The maximum Gasteiger partial charge on any atom is 0.217 e. The van der Waals surface area contributed by atoms with Gasteiger partial charge >= 0.3 is 0 Å². The maximum atomic E-state index is 11.3. The van der Waals surface area contributed by atoms with E-state index in [9.17, 15) is 4.79 Å². The van der Waals surface area contributed by atoms with E-state index in [4.69, 9.17) is 32.9 Å². The van der Waals surface area contributed by atoms with Crippen molar-refractivity contribution >= 4 is 51.3 Å². The van der Waals surface area contributed by atoms with Gasteiger partial charge in [-0.3, -0.25) is 9.78 Å². The van der Waals surface area contributed by atoms with Gasteiger partial charge in [0.05, 0.1) is 10.5 Å².